The van der Waals surface area contributed by atoms with Crippen LogP contribution in [0, 0.1) is 5.92 Å². The van der Waals surface area contributed by atoms with Gasteiger partial charge in [-0.25, -0.2) is 0 Å². The van der Waals surface area contributed by atoms with E-state index in [2.05, 4.69) is 47.5 Å². The Labute approximate surface area is 203 Å². The molecule has 1 N–H and O–H groups in total. The van der Waals surface area contributed by atoms with Crippen LogP contribution in [0.5, 0.6) is 0 Å². The lowest BCUT2D eigenvalue weighted by Gasteiger charge is -2.22. The van der Waals surface area contributed by atoms with Crippen molar-refractivity contribution in [2.24, 2.45) is 10.9 Å². The molecule has 0 spiro atoms. The van der Waals surface area contributed by atoms with Gasteiger partial charge < -0.3 is 15.1 Å². The second-order valence-electron chi connectivity index (χ2n) is 8.01. The number of aliphatic imine (C=N–C) groups is 1. The first-order valence-electron chi connectivity index (χ1n) is 11.2. The molecule has 2 fully saturated rings. The summed E-state index contributed by atoms with van der Waals surface area (Å²) in [5, 5.41) is 3.46. The quantitative estimate of drug-likeness (QED) is 0.173. The van der Waals surface area contributed by atoms with Crippen LogP contribution in [0.2, 0.25) is 0 Å². The molecule has 168 valence electrons. The van der Waals surface area contributed by atoms with E-state index in [1.807, 2.05) is 16.7 Å². The summed E-state index contributed by atoms with van der Waals surface area (Å²) >= 11 is 1.96. The number of carbonyl (C=O) groups is 1. The fourth-order valence-electron chi connectivity index (χ4n) is 4.04. The van der Waals surface area contributed by atoms with Crippen LogP contribution in [0.3, 0.4) is 0 Å². The Morgan fingerprint density at radius 3 is 2.83 bits per heavy atom. The Balaban J connectivity index is 0.00000320. The number of thioether (sulfide) groups is 1. The van der Waals surface area contributed by atoms with Crippen LogP contribution >= 0.6 is 35.7 Å². The largest absolute Gasteiger partial charge is 0.357 e. The molecule has 2 saturated heterocycles. The second-order valence-corrected chi connectivity index (χ2v) is 9.10. The number of rotatable bonds is 8. The zero-order valence-corrected chi connectivity index (χ0v) is 21.4. The summed E-state index contributed by atoms with van der Waals surface area (Å²) in [5.74, 6) is 3.24. The fraction of sp³-hybridized carbons (Fsp3) is 0.652. The number of likely N-dealkylation sites (tertiary alicyclic amines) is 2. The first-order valence-corrected chi connectivity index (χ1v) is 12.2. The molecule has 0 aromatic heterocycles. The van der Waals surface area contributed by atoms with Gasteiger partial charge in [-0.15, -0.1) is 35.7 Å². The van der Waals surface area contributed by atoms with Gasteiger partial charge in [0, 0.05) is 56.3 Å². The van der Waals surface area contributed by atoms with Gasteiger partial charge in [-0.1, -0.05) is 24.6 Å². The van der Waals surface area contributed by atoms with E-state index < -0.39 is 0 Å². The molecule has 2 heterocycles. The van der Waals surface area contributed by atoms with Crippen molar-refractivity contribution in [3.8, 4) is 0 Å². The monoisotopic (exact) mass is 544 g/mol. The molecule has 0 radical (unpaired) electrons. The molecule has 30 heavy (non-hydrogen) atoms. The Kier molecular flexibility index (Phi) is 11.9. The minimum Gasteiger partial charge on any atom is -0.357 e. The third-order valence-corrected chi connectivity index (χ3v) is 6.91. The molecule has 1 amide bonds. The van der Waals surface area contributed by atoms with Crippen LogP contribution in [0.15, 0.2) is 40.2 Å². The number of nitrogens with one attached hydrogen (secondary N) is 1. The summed E-state index contributed by atoms with van der Waals surface area (Å²) in [5.41, 5.74) is 0. The Hall–Kier alpha value is -0.960. The molecule has 1 atom stereocenters. The lowest BCUT2D eigenvalue weighted by Crippen LogP contribution is -2.40. The fourth-order valence-corrected chi connectivity index (χ4v) is 5.09. The molecule has 1 aromatic carbocycles. The summed E-state index contributed by atoms with van der Waals surface area (Å²) in [6.07, 6.45) is 6.28. The summed E-state index contributed by atoms with van der Waals surface area (Å²) in [7, 11) is 0. The lowest BCUT2D eigenvalue weighted by atomic mass is 10.2. The van der Waals surface area contributed by atoms with Crippen molar-refractivity contribution in [3.05, 3.63) is 30.3 Å². The van der Waals surface area contributed by atoms with Gasteiger partial charge in [-0.05, 0) is 50.7 Å². The maximum absolute atomic E-state index is 12.1. The topological polar surface area (TPSA) is 47.9 Å². The molecule has 5 nitrogen and oxygen atoms in total. The average molecular weight is 545 g/mol. The van der Waals surface area contributed by atoms with Crippen LogP contribution in [0.25, 0.3) is 0 Å². The molecule has 0 bridgehead atoms. The van der Waals surface area contributed by atoms with E-state index in [1.54, 1.807) is 0 Å². The molecule has 2 aliphatic rings. The summed E-state index contributed by atoms with van der Waals surface area (Å²) in [6, 6.07) is 10.7. The van der Waals surface area contributed by atoms with E-state index in [0.29, 0.717) is 11.8 Å². The van der Waals surface area contributed by atoms with Crippen LogP contribution in [-0.4, -0.2) is 66.7 Å². The number of hydrogen-bond donors (Lipinski definition) is 1. The van der Waals surface area contributed by atoms with Crippen LogP contribution in [-0.2, 0) is 4.79 Å². The molecule has 1 aromatic rings. The van der Waals surface area contributed by atoms with Crippen molar-refractivity contribution >= 4 is 47.6 Å². The summed E-state index contributed by atoms with van der Waals surface area (Å²) < 4.78 is 0. The van der Waals surface area contributed by atoms with Gasteiger partial charge in [0.2, 0.25) is 5.91 Å². The SMILES string of the molecule is CCNC(=NCCCN1CCCCCC1=O)N1CCC(CSc2ccccc2)C1.I. The normalized spacial score (nSPS) is 20.1. The van der Waals surface area contributed by atoms with Gasteiger partial charge in [0.05, 0.1) is 0 Å². The van der Waals surface area contributed by atoms with Crippen LogP contribution in [0.1, 0.15) is 45.4 Å². The molecule has 0 aliphatic carbocycles. The van der Waals surface area contributed by atoms with Gasteiger partial charge >= 0.3 is 0 Å². The molecule has 1 unspecified atom stereocenters. The van der Waals surface area contributed by atoms with Gasteiger partial charge in [-0.3, -0.25) is 9.79 Å². The van der Waals surface area contributed by atoms with Gasteiger partial charge in [0.25, 0.3) is 0 Å². The number of halogens is 1. The van der Waals surface area contributed by atoms with E-state index in [0.717, 1.165) is 76.7 Å². The number of benzene rings is 1. The Bertz CT molecular complexity index is 658. The van der Waals surface area contributed by atoms with E-state index in [-0.39, 0.29) is 24.0 Å². The third-order valence-electron chi connectivity index (χ3n) is 5.67. The van der Waals surface area contributed by atoms with Gasteiger partial charge in [-0.2, -0.15) is 0 Å². The minimum atomic E-state index is 0. The molecule has 7 heteroatoms. The van der Waals surface area contributed by atoms with Gasteiger partial charge in [0.15, 0.2) is 5.96 Å². The van der Waals surface area contributed by atoms with Crippen molar-refractivity contribution in [2.75, 3.05) is 45.0 Å². The van der Waals surface area contributed by atoms with Crippen LogP contribution < -0.4 is 5.32 Å². The second kappa shape index (κ2) is 14.2. The zero-order chi connectivity index (χ0) is 20.3. The van der Waals surface area contributed by atoms with E-state index in [9.17, 15) is 4.79 Å². The van der Waals surface area contributed by atoms with Crippen molar-refractivity contribution in [1.82, 2.24) is 15.1 Å². The third kappa shape index (κ3) is 8.29. The molecule has 0 saturated carbocycles. The maximum atomic E-state index is 12.1. The van der Waals surface area contributed by atoms with Crippen molar-refractivity contribution in [2.45, 2.75) is 50.3 Å². The highest BCUT2D eigenvalue weighted by Gasteiger charge is 2.25. The smallest absolute Gasteiger partial charge is 0.222 e. The summed E-state index contributed by atoms with van der Waals surface area (Å²) in [6.45, 7) is 7.74. The standard InChI is InChI=1S/C23H36N4OS.HI/c1-2-24-23(25-14-9-16-26-15-8-4-7-12-22(26)28)27-17-13-20(18-27)19-29-21-10-5-3-6-11-21;/h3,5-6,10-11,20H,2,4,7-9,12-19H2,1H3,(H,24,25);1H. The Morgan fingerprint density at radius 2 is 2.03 bits per heavy atom. The minimum absolute atomic E-state index is 0. The molecular weight excluding hydrogens is 507 g/mol. The van der Waals surface area contributed by atoms with Gasteiger partial charge in [0.1, 0.15) is 0 Å². The predicted octanol–water partition coefficient (Wildman–Crippen LogP) is 4.48. The van der Waals surface area contributed by atoms with E-state index >= 15 is 0 Å². The first-order chi connectivity index (χ1) is 14.3. The first kappa shape index (κ1) is 25.3. The van der Waals surface area contributed by atoms with Crippen molar-refractivity contribution in [3.63, 3.8) is 0 Å². The molecule has 2 aliphatic heterocycles. The number of hydrogen-bond acceptors (Lipinski definition) is 3. The maximum Gasteiger partial charge on any atom is 0.222 e. The van der Waals surface area contributed by atoms with Crippen molar-refractivity contribution in [1.29, 1.82) is 0 Å². The van der Waals surface area contributed by atoms with E-state index in [4.69, 9.17) is 4.99 Å². The molecule has 3 rings (SSSR count). The number of guanidine groups is 1. The van der Waals surface area contributed by atoms with Crippen molar-refractivity contribution < 1.29 is 4.79 Å². The van der Waals surface area contributed by atoms with Crippen LogP contribution in [0.4, 0.5) is 0 Å². The number of amides is 1. The lowest BCUT2D eigenvalue weighted by molar-refractivity contribution is -0.130. The Morgan fingerprint density at radius 1 is 1.20 bits per heavy atom. The average Bonchev–Trinajstić information content (AvgIpc) is 3.12. The summed E-state index contributed by atoms with van der Waals surface area (Å²) in [4.78, 5) is 22.8. The van der Waals surface area contributed by atoms with E-state index in [1.165, 1.54) is 17.7 Å². The number of carbonyl (C=O) groups excluding carboxylic acids is 1. The highest BCUT2D eigenvalue weighted by atomic mass is 127. The zero-order valence-electron chi connectivity index (χ0n) is 18.2. The number of nitrogens with zero attached hydrogens (tertiary/aromatic N) is 3. The molecular formula is C23H37IN4OS. The highest BCUT2D eigenvalue weighted by molar-refractivity contribution is 14.0. The predicted molar refractivity (Wildman–Crippen MR) is 138 cm³/mol. The highest BCUT2D eigenvalue weighted by Crippen LogP contribution is 2.25.